The fourth-order valence-corrected chi connectivity index (χ4v) is 2.52. The van der Waals surface area contributed by atoms with Gasteiger partial charge in [-0.2, -0.15) is 0 Å². The molecule has 1 unspecified atom stereocenters. The Morgan fingerprint density at radius 3 is 2.10 bits per heavy atom. The van der Waals surface area contributed by atoms with E-state index in [9.17, 15) is 9.59 Å². The molecule has 0 aromatic heterocycles. The summed E-state index contributed by atoms with van der Waals surface area (Å²) in [5.74, 6) is -0.736. The van der Waals surface area contributed by atoms with E-state index in [2.05, 4.69) is 5.32 Å². The van der Waals surface area contributed by atoms with E-state index in [0.29, 0.717) is 12.8 Å². The third-order valence-electron chi connectivity index (χ3n) is 3.25. The van der Waals surface area contributed by atoms with Crippen molar-refractivity contribution in [2.24, 2.45) is 11.1 Å². The van der Waals surface area contributed by atoms with E-state index in [1.807, 2.05) is 13.8 Å². The van der Waals surface area contributed by atoms with Crippen molar-refractivity contribution in [1.82, 2.24) is 5.32 Å². The van der Waals surface area contributed by atoms with Crippen LogP contribution in [0, 0.1) is 5.41 Å². The van der Waals surface area contributed by atoms with Gasteiger partial charge >= 0.3 is 5.97 Å². The summed E-state index contributed by atoms with van der Waals surface area (Å²) in [5, 5.41) is 2.68. The highest BCUT2D eigenvalue weighted by molar-refractivity contribution is 7.80. The van der Waals surface area contributed by atoms with E-state index >= 15 is 0 Å². The van der Waals surface area contributed by atoms with Crippen LogP contribution in [0.1, 0.15) is 53.4 Å². The molecule has 0 rings (SSSR count). The van der Waals surface area contributed by atoms with Gasteiger partial charge in [0.05, 0.1) is 17.0 Å². The molecule has 0 heterocycles. The van der Waals surface area contributed by atoms with Crippen molar-refractivity contribution in [3.8, 4) is 0 Å². The summed E-state index contributed by atoms with van der Waals surface area (Å²) in [6, 6.07) is -0.704. The summed E-state index contributed by atoms with van der Waals surface area (Å²) in [6.45, 7) is 7.55. The maximum absolute atomic E-state index is 12.5. The first-order valence-electron chi connectivity index (χ1n) is 7.13. The first-order valence-corrected chi connectivity index (χ1v) is 7.54. The number of hydrogen-bond donors (Lipinski definition) is 2. The number of thiocarbonyl (C=S) groups is 1. The summed E-state index contributed by atoms with van der Waals surface area (Å²) in [4.78, 5) is 24.3. The average Bonchev–Trinajstić information content (AvgIpc) is 2.37. The minimum atomic E-state index is -0.875. The Labute approximate surface area is 126 Å². The van der Waals surface area contributed by atoms with E-state index in [4.69, 9.17) is 22.7 Å². The molecule has 0 aromatic carbocycles. The molecule has 5 nitrogen and oxygen atoms in total. The molecule has 0 aliphatic carbocycles. The molecular weight excluding hydrogens is 276 g/mol. The number of carbonyl (C=O) groups excluding carboxylic acids is 2. The summed E-state index contributed by atoms with van der Waals surface area (Å²) in [6.07, 6.45) is 2.74. The van der Waals surface area contributed by atoms with Crippen molar-refractivity contribution in [1.29, 1.82) is 0 Å². The zero-order valence-corrected chi connectivity index (χ0v) is 13.6. The SMILES string of the molecule is CCCC(CCC)(C(=O)NC(C)C(=O)OCC)C(N)=S. The second-order valence-corrected chi connectivity index (χ2v) is 5.33. The summed E-state index contributed by atoms with van der Waals surface area (Å²) in [7, 11) is 0. The maximum Gasteiger partial charge on any atom is 0.328 e. The average molecular weight is 302 g/mol. The van der Waals surface area contributed by atoms with Gasteiger partial charge in [0, 0.05) is 0 Å². The molecule has 0 radical (unpaired) electrons. The topological polar surface area (TPSA) is 81.4 Å². The number of nitrogens with one attached hydrogen (secondary N) is 1. The predicted molar refractivity (Wildman–Crippen MR) is 83.3 cm³/mol. The van der Waals surface area contributed by atoms with Crippen LogP contribution in [0.4, 0.5) is 0 Å². The minimum Gasteiger partial charge on any atom is -0.464 e. The molecular formula is C14H26N2O3S. The zero-order chi connectivity index (χ0) is 15.8. The Balaban J connectivity index is 5.04. The fraction of sp³-hybridized carbons (Fsp3) is 0.786. The number of hydrogen-bond acceptors (Lipinski definition) is 4. The third kappa shape index (κ3) is 4.74. The Morgan fingerprint density at radius 2 is 1.75 bits per heavy atom. The van der Waals surface area contributed by atoms with Crippen LogP contribution in [0.2, 0.25) is 0 Å². The number of carbonyl (C=O) groups is 2. The van der Waals surface area contributed by atoms with Gasteiger partial charge in [-0.1, -0.05) is 38.9 Å². The molecule has 0 spiro atoms. The molecule has 20 heavy (non-hydrogen) atoms. The highest BCUT2D eigenvalue weighted by Gasteiger charge is 2.40. The van der Waals surface area contributed by atoms with Gasteiger partial charge in [0.25, 0.3) is 0 Å². The number of nitrogens with two attached hydrogens (primary N) is 1. The molecule has 1 atom stereocenters. The van der Waals surface area contributed by atoms with Crippen LogP contribution in [0.15, 0.2) is 0 Å². The van der Waals surface area contributed by atoms with Crippen molar-refractivity contribution in [2.45, 2.75) is 59.4 Å². The lowest BCUT2D eigenvalue weighted by molar-refractivity contribution is -0.147. The number of ether oxygens (including phenoxy) is 1. The van der Waals surface area contributed by atoms with Crippen molar-refractivity contribution >= 4 is 29.1 Å². The van der Waals surface area contributed by atoms with E-state index in [-0.39, 0.29) is 17.5 Å². The molecule has 3 N–H and O–H groups in total. The van der Waals surface area contributed by atoms with Crippen molar-refractivity contribution in [2.75, 3.05) is 6.61 Å². The Bertz CT molecular complexity index is 352. The van der Waals surface area contributed by atoms with Crippen LogP contribution < -0.4 is 11.1 Å². The lowest BCUT2D eigenvalue weighted by Gasteiger charge is -2.32. The molecule has 0 aliphatic heterocycles. The standard InChI is InChI=1S/C14H26N2O3S/c1-5-8-14(9-6-2,12(15)20)13(18)16-10(4)11(17)19-7-3/h10H,5-9H2,1-4H3,(H2,15,20)(H,16,18). The van der Waals surface area contributed by atoms with E-state index in [1.54, 1.807) is 13.8 Å². The van der Waals surface area contributed by atoms with Crippen molar-refractivity contribution in [3.05, 3.63) is 0 Å². The minimum absolute atomic E-state index is 0.190. The Morgan fingerprint density at radius 1 is 1.25 bits per heavy atom. The summed E-state index contributed by atoms with van der Waals surface area (Å²) >= 11 is 5.11. The van der Waals surface area contributed by atoms with Gasteiger partial charge in [-0.3, -0.25) is 4.79 Å². The zero-order valence-electron chi connectivity index (χ0n) is 12.8. The van der Waals surface area contributed by atoms with Crippen LogP contribution >= 0.6 is 12.2 Å². The first kappa shape index (κ1) is 18.8. The number of esters is 1. The largest absolute Gasteiger partial charge is 0.464 e. The van der Waals surface area contributed by atoms with Crippen LogP contribution in [-0.4, -0.2) is 29.5 Å². The van der Waals surface area contributed by atoms with Crippen molar-refractivity contribution < 1.29 is 14.3 Å². The quantitative estimate of drug-likeness (QED) is 0.502. The monoisotopic (exact) mass is 302 g/mol. The third-order valence-corrected chi connectivity index (χ3v) is 3.64. The van der Waals surface area contributed by atoms with E-state index in [1.165, 1.54) is 0 Å². The van der Waals surface area contributed by atoms with Gasteiger partial charge in [0.2, 0.25) is 5.91 Å². The normalized spacial score (nSPS) is 12.6. The molecule has 6 heteroatoms. The summed E-state index contributed by atoms with van der Waals surface area (Å²) in [5.41, 5.74) is 4.93. The number of rotatable bonds is 9. The molecule has 0 fully saturated rings. The van der Waals surface area contributed by atoms with E-state index in [0.717, 1.165) is 12.8 Å². The fourth-order valence-electron chi connectivity index (χ4n) is 2.22. The predicted octanol–water partition coefficient (Wildman–Crippen LogP) is 1.93. The highest BCUT2D eigenvalue weighted by atomic mass is 32.1. The Kier molecular flexibility index (Phi) is 8.37. The smallest absolute Gasteiger partial charge is 0.328 e. The number of amides is 1. The van der Waals surface area contributed by atoms with Crippen molar-refractivity contribution in [3.63, 3.8) is 0 Å². The highest BCUT2D eigenvalue weighted by Crippen LogP contribution is 2.31. The molecule has 1 amide bonds. The van der Waals surface area contributed by atoms with Gasteiger partial charge in [-0.15, -0.1) is 0 Å². The van der Waals surface area contributed by atoms with Gasteiger partial charge in [0.1, 0.15) is 6.04 Å². The molecule has 0 saturated heterocycles. The van der Waals surface area contributed by atoms with Crippen LogP contribution in [-0.2, 0) is 14.3 Å². The molecule has 0 bridgehead atoms. The second kappa shape index (κ2) is 8.89. The molecule has 0 saturated carbocycles. The molecule has 0 aromatic rings. The van der Waals surface area contributed by atoms with Crippen LogP contribution in [0.3, 0.4) is 0 Å². The van der Waals surface area contributed by atoms with Crippen LogP contribution in [0.5, 0.6) is 0 Å². The summed E-state index contributed by atoms with van der Waals surface area (Å²) < 4.78 is 4.88. The first-order chi connectivity index (χ1) is 9.35. The van der Waals surface area contributed by atoms with Gasteiger partial charge in [-0.05, 0) is 26.7 Å². The lowest BCUT2D eigenvalue weighted by Crippen LogP contribution is -2.52. The molecule has 0 aliphatic rings. The van der Waals surface area contributed by atoms with Gasteiger partial charge < -0.3 is 15.8 Å². The van der Waals surface area contributed by atoms with Gasteiger partial charge in [-0.25, -0.2) is 4.79 Å². The van der Waals surface area contributed by atoms with Gasteiger partial charge in [0.15, 0.2) is 0 Å². The van der Waals surface area contributed by atoms with E-state index < -0.39 is 17.4 Å². The molecule has 116 valence electrons. The van der Waals surface area contributed by atoms with Crippen LogP contribution in [0.25, 0.3) is 0 Å². The second-order valence-electron chi connectivity index (χ2n) is 4.89. The maximum atomic E-state index is 12.5. The lowest BCUT2D eigenvalue weighted by atomic mass is 9.78. The Hall–Kier alpha value is -1.17.